The number of amides is 1. The number of unbranched alkanes of at least 4 members (excludes halogenated alkanes) is 1. The summed E-state index contributed by atoms with van der Waals surface area (Å²) < 4.78 is 0. The van der Waals surface area contributed by atoms with Crippen molar-refractivity contribution < 1.29 is 4.79 Å². The number of carbonyl (C=O) groups is 1. The summed E-state index contributed by atoms with van der Waals surface area (Å²) in [6.07, 6.45) is 8.21. The average Bonchev–Trinajstić information content (AvgIpc) is 2.44. The lowest BCUT2D eigenvalue weighted by Crippen LogP contribution is -2.33. The molecule has 0 aromatic rings. The molecule has 0 unspecified atom stereocenters. The lowest BCUT2D eigenvalue weighted by atomic mass is 10.3. The third-order valence-corrected chi connectivity index (χ3v) is 2.83. The van der Waals surface area contributed by atoms with E-state index in [-0.39, 0.29) is 5.91 Å². The van der Waals surface area contributed by atoms with Gasteiger partial charge < -0.3 is 9.80 Å². The van der Waals surface area contributed by atoms with Crippen molar-refractivity contribution in [2.24, 2.45) is 0 Å². The second-order valence-electron chi connectivity index (χ2n) is 4.01. The summed E-state index contributed by atoms with van der Waals surface area (Å²) in [4.78, 5) is 15.5. The van der Waals surface area contributed by atoms with Crippen molar-refractivity contribution in [1.29, 1.82) is 0 Å². The Morgan fingerprint density at radius 1 is 1.33 bits per heavy atom. The van der Waals surface area contributed by atoms with Gasteiger partial charge >= 0.3 is 0 Å². The molecule has 3 heteroatoms. The number of terminal acetylenes is 1. The van der Waals surface area contributed by atoms with Crippen molar-refractivity contribution in [1.82, 2.24) is 9.80 Å². The quantitative estimate of drug-likeness (QED) is 0.509. The molecule has 0 aromatic carbocycles. The Morgan fingerprint density at radius 3 is 2.80 bits per heavy atom. The van der Waals surface area contributed by atoms with Crippen molar-refractivity contribution in [2.75, 3.05) is 32.7 Å². The van der Waals surface area contributed by atoms with Gasteiger partial charge in [0, 0.05) is 33.0 Å². The fourth-order valence-corrected chi connectivity index (χ4v) is 1.91. The van der Waals surface area contributed by atoms with Crippen molar-refractivity contribution in [3.8, 4) is 12.3 Å². The van der Waals surface area contributed by atoms with E-state index in [0.717, 1.165) is 52.0 Å². The van der Waals surface area contributed by atoms with Crippen LogP contribution in [0.4, 0.5) is 0 Å². The monoisotopic (exact) mass is 208 g/mol. The first-order valence-corrected chi connectivity index (χ1v) is 5.65. The Morgan fingerprint density at radius 2 is 2.13 bits per heavy atom. The van der Waals surface area contributed by atoms with Crippen molar-refractivity contribution in [2.45, 2.75) is 26.2 Å². The summed E-state index contributed by atoms with van der Waals surface area (Å²) in [6.45, 7) is 6.56. The van der Waals surface area contributed by atoms with E-state index in [2.05, 4.69) is 10.8 Å². The lowest BCUT2D eigenvalue weighted by Gasteiger charge is -2.20. The summed E-state index contributed by atoms with van der Waals surface area (Å²) in [6, 6.07) is 0. The maximum absolute atomic E-state index is 11.2. The molecule has 1 heterocycles. The van der Waals surface area contributed by atoms with Crippen LogP contribution in [-0.4, -0.2) is 48.4 Å². The molecule has 0 N–H and O–H groups in total. The Bertz CT molecular complexity index is 244. The molecule has 84 valence electrons. The summed E-state index contributed by atoms with van der Waals surface area (Å²) in [5, 5.41) is 0. The minimum absolute atomic E-state index is 0.195. The third kappa shape index (κ3) is 4.35. The molecule has 1 amide bonds. The van der Waals surface area contributed by atoms with E-state index in [1.54, 1.807) is 6.92 Å². The van der Waals surface area contributed by atoms with Crippen LogP contribution in [-0.2, 0) is 4.79 Å². The zero-order valence-corrected chi connectivity index (χ0v) is 9.54. The number of nitrogens with zero attached hydrogens (tertiary/aromatic N) is 2. The van der Waals surface area contributed by atoms with Crippen LogP contribution in [0.3, 0.4) is 0 Å². The van der Waals surface area contributed by atoms with Crippen LogP contribution in [0.5, 0.6) is 0 Å². The van der Waals surface area contributed by atoms with Gasteiger partial charge in [0.1, 0.15) is 0 Å². The maximum atomic E-state index is 11.2. The number of rotatable bonds is 3. The van der Waals surface area contributed by atoms with Crippen molar-refractivity contribution >= 4 is 5.91 Å². The van der Waals surface area contributed by atoms with Gasteiger partial charge in [0.2, 0.25) is 5.91 Å². The highest BCUT2D eigenvalue weighted by molar-refractivity contribution is 5.73. The molecule has 3 nitrogen and oxygen atoms in total. The second kappa shape index (κ2) is 6.47. The van der Waals surface area contributed by atoms with Crippen LogP contribution >= 0.6 is 0 Å². The first-order valence-electron chi connectivity index (χ1n) is 5.65. The highest BCUT2D eigenvalue weighted by Crippen LogP contribution is 2.04. The highest BCUT2D eigenvalue weighted by Gasteiger charge is 2.15. The van der Waals surface area contributed by atoms with Crippen molar-refractivity contribution in [3.05, 3.63) is 0 Å². The Labute approximate surface area is 92.4 Å². The summed E-state index contributed by atoms with van der Waals surface area (Å²) in [7, 11) is 0. The van der Waals surface area contributed by atoms with Crippen LogP contribution in [0.1, 0.15) is 26.2 Å². The van der Waals surface area contributed by atoms with E-state index >= 15 is 0 Å². The molecule has 1 aliphatic heterocycles. The zero-order chi connectivity index (χ0) is 11.1. The van der Waals surface area contributed by atoms with Gasteiger partial charge in [-0.1, -0.05) is 0 Å². The van der Waals surface area contributed by atoms with Crippen LogP contribution < -0.4 is 0 Å². The summed E-state index contributed by atoms with van der Waals surface area (Å²) in [5.74, 6) is 2.85. The van der Waals surface area contributed by atoms with E-state index in [1.165, 1.54) is 0 Å². The average molecular weight is 208 g/mol. The third-order valence-electron chi connectivity index (χ3n) is 2.83. The molecule has 1 fully saturated rings. The van der Waals surface area contributed by atoms with Gasteiger partial charge in [0.15, 0.2) is 0 Å². The van der Waals surface area contributed by atoms with Crippen LogP contribution in [0, 0.1) is 12.3 Å². The van der Waals surface area contributed by atoms with Gasteiger partial charge in [-0.2, -0.15) is 0 Å². The Balaban J connectivity index is 2.27. The molecule has 0 aromatic heterocycles. The normalized spacial score (nSPS) is 18.3. The fraction of sp³-hybridized carbons (Fsp3) is 0.750. The van der Waals surface area contributed by atoms with E-state index in [0.29, 0.717) is 0 Å². The van der Waals surface area contributed by atoms with Crippen LogP contribution in [0.25, 0.3) is 0 Å². The number of hydrogen-bond acceptors (Lipinski definition) is 2. The molecule has 0 saturated carbocycles. The molecule has 1 saturated heterocycles. The highest BCUT2D eigenvalue weighted by atomic mass is 16.2. The summed E-state index contributed by atoms with van der Waals surface area (Å²) in [5.41, 5.74) is 0. The SMILES string of the molecule is C#CCCCN1CCCN(C(C)=O)CC1. The first-order chi connectivity index (χ1) is 7.24. The molecule has 0 bridgehead atoms. The minimum atomic E-state index is 0.195. The van der Waals surface area contributed by atoms with Gasteiger partial charge in [-0.05, 0) is 25.9 Å². The predicted octanol–water partition coefficient (Wildman–Crippen LogP) is 0.954. The van der Waals surface area contributed by atoms with Crippen molar-refractivity contribution in [3.63, 3.8) is 0 Å². The van der Waals surface area contributed by atoms with Gasteiger partial charge in [-0.3, -0.25) is 4.79 Å². The number of carbonyl (C=O) groups excluding carboxylic acids is 1. The molecule has 0 spiro atoms. The number of hydrogen-bond donors (Lipinski definition) is 0. The zero-order valence-electron chi connectivity index (χ0n) is 9.54. The van der Waals surface area contributed by atoms with Crippen LogP contribution in [0.15, 0.2) is 0 Å². The fourth-order valence-electron chi connectivity index (χ4n) is 1.91. The van der Waals surface area contributed by atoms with Gasteiger partial charge in [0.25, 0.3) is 0 Å². The molecular weight excluding hydrogens is 188 g/mol. The largest absolute Gasteiger partial charge is 0.342 e. The maximum Gasteiger partial charge on any atom is 0.219 e. The predicted molar refractivity (Wildman–Crippen MR) is 61.4 cm³/mol. The van der Waals surface area contributed by atoms with Gasteiger partial charge in [-0.25, -0.2) is 0 Å². The smallest absolute Gasteiger partial charge is 0.219 e. The van der Waals surface area contributed by atoms with Gasteiger partial charge in [-0.15, -0.1) is 12.3 Å². The van der Waals surface area contributed by atoms with E-state index in [9.17, 15) is 4.79 Å². The second-order valence-corrected chi connectivity index (χ2v) is 4.01. The Kier molecular flexibility index (Phi) is 5.20. The molecule has 1 rings (SSSR count). The van der Waals surface area contributed by atoms with E-state index in [1.807, 2.05) is 4.90 Å². The molecule has 0 aliphatic carbocycles. The standard InChI is InChI=1S/C12H20N2O/c1-3-4-5-7-13-8-6-9-14(11-10-13)12(2)15/h1H,4-11H2,2H3. The van der Waals surface area contributed by atoms with E-state index in [4.69, 9.17) is 6.42 Å². The van der Waals surface area contributed by atoms with Gasteiger partial charge in [0.05, 0.1) is 0 Å². The molecule has 15 heavy (non-hydrogen) atoms. The Hall–Kier alpha value is -1.01. The van der Waals surface area contributed by atoms with E-state index < -0.39 is 0 Å². The molecule has 1 aliphatic rings. The van der Waals surface area contributed by atoms with Crippen LogP contribution in [0.2, 0.25) is 0 Å². The topological polar surface area (TPSA) is 23.6 Å². The first kappa shape index (κ1) is 12.1. The molecule has 0 radical (unpaired) electrons. The molecule has 0 atom stereocenters. The molecular formula is C12H20N2O. The minimum Gasteiger partial charge on any atom is -0.342 e. The lowest BCUT2D eigenvalue weighted by molar-refractivity contribution is -0.128. The summed E-state index contributed by atoms with van der Waals surface area (Å²) >= 11 is 0.